The van der Waals surface area contributed by atoms with Gasteiger partial charge in [0.25, 0.3) is 6.02 Å². The molecule has 1 N–H and O–H groups in total. The van der Waals surface area contributed by atoms with Crippen molar-refractivity contribution < 1.29 is 9.53 Å². The third-order valence-electron chi connectivity index (χ3n) is 4.75. The summed E-state index contributed by atoms with van der Waals surface area (Å²) in [7, 11) is 0. The largest absolute Gasteiger partial charge is 0.393 e. The van der Waals surface area contributed by atoms with Crippen LogP contribution in [0.25, 0.3) is 0 Å². The van der Waals surface area contributed by atoms with Gasteiger partial charge in [0.05, 0.1) is 6.04 Å². The van der Waals surface area contributed by atoms with E-state index in [4.69, 9.17) is 9.73 Å². The van der Waals surface area contributed by atoms with Crippen LogP contribution in [-0.4, -0.2) is 24.1 Å². The maximum absolute atomic E-state index is 12.0. The predicted octanol–water partition coefficient (Wildman–Crippen LogP) is 4.33. The molecule has 0 amide bonds. The van der Waals surface area contributed by atoms with Gasteiger partial charge < -0.3 is 10.1 Å². The number of hydrogen-bond acceptors (Lipinski definition) is 3. The lowest BCUT2D eigenvalue weighted by Crippen LogP contribution is -2.39. The number of aliphatic imine (C=N–C) groups is 1. The summed E-state index contributed by atoms with van der Waals surface area (Å²) in [5.41, 5.74) is 0. The third kappa shape index (κ3) is 6.37. The van der Waals surface area contributed by atoms with E-state index in [1.54, 1.807) is 0 Å². The van der Waals surface area contributed by atoms with Crippen molar-refractivity contribution in [3.05, 3.63) is 0 Å². The first-order valence-electron chi connectivity index (χ1n) is 9.33. The number of carbonyl (C=O) groups is 1. The van der Waals surface area contributed by atoms with Gasteiger partial charge in [0.1, 0.15) is 0 Å². The van der Waals surface area contributed by atoms with E-state index in [1.807, 2.05) is 0 Å². The fourth-order valence-electron chi connectivity index (χ4n) is 3.37. The summed E-state index contributed by atoms with van der Waals surface area (Å²) >= 11 is 0. The molecule has 4 heteroatoms. The number of ether oxygens (including phenoxy) is 1. The van der Waals surface area contributed by atoms with Crippen LogP contribution in [0.3, 0.4) is 0 Å². The summed E-state index contributed by atoms with van der Waals surface area (Å²) in [6, 6.07) is 1.26. The van der Waals surface area contributed by atoms with Crippen LogP contribution in [0.5, 0.6) is 0 Å². The van der Waals surface area contributed by atoms with Crippen molar-refractivity contribution in [3.8, 4) is 0 Å². The standard InChI is InChI=1S/C18H32N2O2/c1-2-3-14-17(21)22-18(19-15-10-6-4-7-11-15)20-16-12-8-5-9-13-16/h15-16H,2-14H2,1H3,(H,19,20). The van der Waals surface area contributed by atoms with Crippen LogP contribution in [0.4, 0.5) is 0 Å². The van der Waals surface area contributed by atoms with E-state index in [0.717, 1.165) is 38.5 Å². The molecule has 0 bridgehead atoms. The van der Waals surface area contributed by atoms with Gasteiger partial charge in [-0.05, 0) is 32.1 Å². The Kier molecular flexibility index (Phi) is 7.75. The quantitative estimate of drug-likeness (QED) is 0.467. The summed E-state index contributed by atoms with van der Waals surface area (Å²) in [4.78, 5) is 16.7. The SMILES string of the molecule is CCCCC(=O)OC(=NC1CCCCC1)NC1CCCCC1. The molecule has 0 saturated heterocycles. The van der Waals surface area contributed by atoms with E-state index in [2.05, 4.69) is 12.2 Å². The molecular weight excluding hydrogens is 276 g/mol. The first-order chi connectivity index (χ1) is 10.8. The van der Waals surface area contributed by atoms with Crippen LogP contribution in [0.15, 0.2) is 4.99 Å². The zero-order chi connectivity index (χ0) is 15.6. The van der Waals surface area contributed by atoms with Gasteiger partial charge in [0.2, 0.25) is 0 Å². The Hall–Kier alpha value is -1.06. The number of nitrogens with one attached hydrogen (secondary N) is 1. The van der Waals surface area contributed by atoms with Crippen LogP contribution >= 0.6 is 0 Å². The van der Waals surface area contributed by atoms with Gasteiger partial charge in [-0.2, -0.15) is 0 Å². The minimum absolute atomic E-state index is 0.139. The van der Waals surface area contributed by atoms with Gasteiger partial charge >= 0.3 is 5.97 Å². The number of rotatable bonds is 5. The van der Waals surface area contributed by atoms with E-state index >= 15 is 0 Å². The average Bonchev–Trinajstić information content (AvgIpc) is 2.55. The minimum Gasteiger partial charge on any atom is -0.393 e. The second-order valence-electron chi connectivity index (χ2n) is 6.78. The molecule has 126 valence electrons. The smallest absolute Gasteiger partial charge is 0.313 e. The van der Waals surface area contributed by atoms with Gasteiger partial charge in [0, 0.05) is 12.5 Å². The van der Waals surface area contributed by atoms with E-state index < -0.39 is 0 Å². The molecule has 2 aliphatic carbocycles. The zero-order valence-electron chi connectivity index (χ0n) is 14.1. The highest BCUT2D eigenvalue weighted by Gasteiger charge is 2.20. The van der Waals surface area contributed by atoms with Gasteiger partial charge in [0.15, 0.2) is 0 Å². The fraction of sp³-hybridized carbons (Fsp3) is 0.889. The second kappa shape index (κ2) is 9.86. The molecular formula is C18H32N2O2. The van der Waals surface area contributed by atoms with E-state index in [-0.39, 0.29) is 5.97 Å². The normalized spacial score (nSPS) is 21.6. The van der Waals surface area contributed by atoms with Crippen molar-refractivity contribution in [2.75, 3.05) is 0 Å². The van der Waals surface area contributed by atoms with Crippen molar-refractivity contribution >= 4 is 12.0 Å². The number of esters is 1. The molecule has 2 saturated carbocycles. The lowest BCUT2D eigenvalue weighted by molar-refractivity contribution is -0.136. The van der Waals surface area contributed by atoms with Crippen molar-refractivity contribution in [2.45, 2.75) is 102 Å². The molecule has 2 rings (SSSR count). The molecule has 0 heterocycles. The average molecular weight is 308 g/mol. The summed E-state index contributed by atoms with van der Waals surface area (Å²) < 4.78 is 5.56. The molecule has 0 aromatic carbocycles. The number of hydrogen-bond donors (Lipinski definition) is 1. The van der Waals surface area contributed by atoms with E-state index in [1.165, 1.54) is 38.5 Å². The molecule has 0 aromatic rings. The Balaban J connectivity index is 1.92. The van der Waals surface area contributed by atoms with Crippen molar-refractivity contribution in [1.82, 2.24) is 5.32 Å². The Morgan fingerprint density at radius 3 is 2.32 bits per heavy atom. The molecule has 2 aliphatic rings. The Morgan fingerprint density at radius 1 is 1.05 bits per heavy atom. The van der Waals surface area contributed by atoms with Crippen molar-refractivity contribution in [2.24, 2.45) is 4.99 Å². The first-order valence-corrected chi connectivity index (χ1v) is 9.33. The second-order valence-corrected chi connectivity index (χ2v) is 6.78. The van der Waals surface area contributed by atoms with Crippen molar-refractivity contribution in [3.63, 3.8) is 0 Å². The molecule has 0 unspecified atom stereocenters. The highest BCUT2D eigenvalue weighted by Crippen LogP contribution is 2.21. The zero-order valence-corrected chi connectivity index (χ0v) is 14.1. The Bertz CT molecular complexity index is 356. The molecule has 0 aromatic heterocycles. The number of amidine groups is 1. The third-order valence-corrected chi connectivity index (χ3v) is 4.75. The molecule has 22 heavy (non-hydrogen) atoms. The fourth-order valence-corrected chi connectivity index (χ4v) is 3.37. The molecule has 0 aliphatic heterocycles. The summed E-state index contributed by atoms with van der Waals surface area (Å²) in [5, 5.41) is 3.42. The Morgan fingerprint density at radius 2 is 1.68 bits per heavy atom. The number of carbonyl (C=O) groups excluding carboxylic acids is 1. The molecule has 0 radical (unpaired) electrons. The van der Waals surface area contributed by atoms with Crippen LogP contribution in [0, 0.1) is 0 Å². The monoisotopic (exact) mass is 308 g/mol. The van der Waals surface area contributed by atoms with Crippen LogP contribution < -0.4 is 5.32 Å². The van der Waals surface area contributed by atoms with Crippen LogP contribution in [-0.2, 0) is 9.53 Å². The number of unbranched alkanes of at least 4 members (excludes halogenated alkanes) is 1. The highest BCUT2D eigenvalue weighted by atomic mass is 16.6. The van der Waals surface area contributed by atoms with Crippen LogP contribution in [0.1, 0.15) is 90.4 Å². The molecule has 4 nitrogen and oxygen atoms in total. The van der Waals surface area contributed by atoms with E-state index in [9.17, 15) is 4.79 Å². The lowest BCUT2D eigenvalue weighted by Gasteiger charge is -2.25. The van der Waals surface area contributed by atoms with Gasteiger partial charge in [-0.15, -0.1) is 0 Å². The summed E-state index contributed by atoms with van der Waals surface area (Å²) in [6.45, 7) is 2.09. The van der Waals surface area contributed by atoms with E-state index in [0.29, 0.717) is 24.5 Å². The van der Waals surface area contributed by atoms with Gasteiger partial charge in [-0.3, -0.25) is 4.79 Å². The molecule has 0 atom stereocenters. The van der Waals surface area contributed by atoms with Crippen LogP contribution in [0.2, 0.25) is 0 Å². The minimum atomic E-state index is -0.139. The maximum Gasteiger partial charge on any atom is 0.313 e. The van der Waals surface area contributed by atoms with Crippen molar-refractivity contribution in [1.29, 1.82) is 0 Å². The number of nitrogens with zero attached hydrogens (tertiary/aromatic N) is 1. The summed E-state index contributed by atoms with van der Waals surface area (Å²) in [5.74, 6) is -0.139. The van der Waals surface area contributed by atoms with Gasteiger partial charge in [-0.1, -0.05) is 51.9 Å². The Labute approximate surface area is 135 Å². The summed E-state index contributed by atoms with van der Waals surface area (Å²) in [6.07, 6.45) is 14.6. The molecule has 2 fully saturated rings. The molecule has 0 spiro atoms. The lowest BCUT2D eigenvalue weighted by atomic mass is 9.95. The topological polar surface area (TPSA) is 50.7 Å². The maximum atomic E-state index is 12.0. The highest BCUT2D eigenvalue weighted by molar-refractivity contribution is 5.87. The van der Waals surface area contributed by atoms with Gasteiger partial charge in [-0.25, -0.2) is 4.99 Å². The predicted molar refractivity (Wildman–Crippen MR) is 89.9 cm³/mol. The first kappa shape index (κ1) is 17.3.